The quantitative estimate of drug-likeness (QED) is 0.627. The largest absolute Gasteiger partial charge is 0.449 e. The third kappa shape index (κ3) is 5.40. The summed E-state index contributed by atoms with van der Waals surface area (Å²) in [5.74, 6) is -1.74. The van der Waals surface area contributed by atoms with Crippen molar-refractivity contribution >= 4 is 23.3 Å². The summed E-state index contributed by atoms with van der Waals surface area (Å²) in [5.41, 5.74) is -0.247. The number of anilines is 1. The van der Waals surface area contributed by atoms with Crippen molar-refractivity contribution in [2.75, 3.05) is 5.32 Å². The van der Waals surface area contributed by atoms with Crippen LogP contribution < -0.4 is 5.32 Å². The van der Waals surface area contributed by atoms with E-state index in [2.05, 4.69) is 5.32 Å². The number of hydrogen-bond donors (Lipinski definition) is 1. The van der Waals surface area contributed by atoms with Gasteiger partial charge in [0.1, 0.15) is 0 Å². The summed E-state index contributed by atoms with van der Waals surface area (Å²) < 4.78 is 42.6. The topological polar surface area (TPSA) is 72.5 Å². The summed E-state index contributed by atoms with van der Waals surface area (Å²) in [6.07, 6.45) is -5.70. The second-order valence-corrected chi connectivity index (χ2v) is 5.75. The molecule has 0 heterocycles. The summed E-state index contributed by atoms with van der Waals surface area (Å²) in [4.78, 5) is 35.5. The number of rotatable bonds is 5. The van der Waals surface area contributed by atoms with Crippen molar-refractivity contribution in [3.8, 4) is 0 Å². The Bertz CT molecular complexity index is 860. The number of Topliss-reactive ketones (excluding diaryl/α,β-unsaturated/α-hetero) is 1. The maximum atomic E-state index is 12.5. The average Bonchev–Trinajstić information content (AvgIpc) is 2.61. The monoisotopic (exact) mass is 379 g/mol. The molecule has 1 atom stereocenters. The van der Waals surface area contributed by atoms with E-state index in [1.165, 1.54) is 19.9 Å². The number of benzene rings is 2. The zero-order valence-corrected chi connectivity index (χ0v) is 14.5. The lowest BCUT2D eigenvalue weighted by atomic mass is 10.1. The fourth-order valence-electron chi connectivity index (χ4n) is 2.14. The molecule has 0 spiro atoms. The number of alkyl halides is 3. The molecule has 5 nitrogen and oxygen atoms in total. The molecule has 0 saturated heterocycles. The average molecular weight is 379 g/mol. The second-order valence-electron chi connectivity index (χ2n) is 5.75. The van der Waals surface area contributed by atoms with Crippen molar-refractivity contribution in [1.29, 1.82) is 0 Å². The van der Waals surface area contributed by atoms with Crippen molar-refractivity contribution in [1.82, 2.24) is 0 Å². The Morgan fingerprint density at radius 1 is 1.00 bits per heavy atom. The highest BCUT2D eigenvalue weighted by molar-refractivity contribution is 5.99. The van der Waals surface area contributed by atoms with Crippen molar-refractivity contribution in [3.05, 3.63) is 65.2 Å². The van der Waals surface area contributed by atoms with E-state index in [-0.39, 0.29) is 11.3 Å². The number of hydrogen-bond acceptors (Lipinski definition) is 4. The van der Waals surface area contributed by atoms with Crippen LogP contribution in [0.15, 0.2) is 48.5 Å². The summed E-state index contributed by atoms with van der Waals surface area (Å²) in [7, 11) is 0. The molecule has 2 aromatic rings. The molecule has 0 aliphatic rings. The van der Waals surface area contributed by atoms with Gasteiger partial charge in [0.25, 0.3) is 5.91 Å². The minimum atomic E-state index is -4.51. The van der Waals surface area contributed by atoms with Gasteiger partial charge in [-0.05, 0) is 50.2 Å². The molecular formula is C19H16F3NO4. The molecule has 0 fully saturated rings. The number of ketones is 1. The van der Waals surface area contributed by atoms with E-state index < -0.39 is 29.7 Å². The van der Waals surface area contributed by atoms with Crippen LogP contribution in [0.4, 0.5) is 18.9 Å². The zero-order valence-electron chi connectivity index (χ0n) is 14.5. The standard InChI is InChI=1S/C19H16F3NO4/c1-11(24)14-4-3-5-16(10-14)23-17(25)12(2)27-18(26)13-6-8-15(9-7-13)19(20,21)22/h3-10,12H,1-2H3,(H,23,25)/t12-/m1/s1. The van der Waals surface area contributed by atoms with Gasteiger partial charge in [0, 0.05) is 11.3 Å². The van der Waals surface area contributed by atoms with E-state index in [1.54, 1.807) is 18.2 Å². The van der Waals surface area contributed by atoms with E-state index >= 15 is 0 Å². The number of ether oxygens (including phenoxy) is 1. The molecule has 0 saturated carbocycles. The molecule has 8 heteroatoms. The van der Waals surface area contributed by atoms with Crippen LogP contribution in [0.3, 0.4) is 0 Å². The molecule has 2 aromatic carbocycles. The van der Waals surface area contributed by atoms with E-state index in [4.69, 9.17) is 4.74 Å². The summed E-state index contributed by atoms with van der Waals surface area (Å²) in [5, 5.41) is 2.51. The Kier molecular flexibility index (Phi) is 5.99. The van der Waals surface area contributed by atoms with Gasteiger partial charge in [0.15, 0.2) is 11.9 Å². The molecule has 0 aliphatic carbocycles. The first-order chi connectivity index (χ1) is 12.6. The predicted octanol–water partition coefficient (Wildman–Crippen LogP) is 4.09. The second kappa shape index (κ2) is 8.03. The van der Waals surface area contributed by atoms with Crippen LogP contribution in [0.2, 0.25) is 0 Å². The highest BCUT2D eigenvalue weighted by Crippen LogP contribution is 2.29. The number of amides is 1. The van der Waals surface area contributed by atoms with Gasteiger partial charge in [-0.15, -0.1) is 0 Å². The number of esters is 1. The van der Waals surface area contributed by atoms with E-state index in [1.807, 2.05) is 0 Å². The third-order valence-corrected chi connectivity index (χ3v) is 3.64. The van der Waals surface area contributed by atoms with E-state index in [9.17, 15) is 27.6 Å². The Morgan fingerprint density at radius 3 is 2.19 bits per heavy atom. The molecule has 2 rings (SSSR count). The molecule has 0 radical (unpaired) electrons. The van der Waals surface area contributed by atoms with Crippen LogP contribution in [0.1, 0.15) is 40.1 Å². The smallest absolute Gasteiger partial charge is 0.416 e. The van der Waals surface area contributed by atoms with Crippen molar-refractivity contribution in [3.63, 3.8) is 0 Å². The van der Waals surface area contributed by atoms with Gasteiger partial charge in [-0.1, -0.05) is 12.1 Å². The fraction of sp³-hybridized carbons (Fsp3) is 0.211. The van der Waals surface area contributed by atoms with Crippen LogP contribution in [-0.2, 0) is 15.7 Å². The Hall–Kier alpha value is -3.16. The molecule has 0 aromatic heterocycles. The van der Waals surface area contributed by atoms with Crippen molar-refractivity contribution in [2.24, 2.45) is 0 Å². The lowest BCUT2D eigenvalue weighted by Gasteiger charge is -2.14. The van der Waals surface area contributed by atoms with E-state index in [0.717, 1.165) is 24.3 Å². The lowest BCUT2D eigenvalue weighted by Crippen LogP contribution is -2.30. The third-order valence-electron chi connectivity index (χ3n) is 3.64. The first kappa shape index (κ1) is 20.2. The van der Waals surface area contributed by atoms with Crippen LogP contribution in [0.5, 0.6) is 0 Å². The normalized spacial score (nSPS) is 12.2. The van der Waals surface area contributed by atoms with Crippen molar-refractivity contribution in [2.45, 2.75) is 26.1 Å². The Morgan fingerprint density at radius 2 is 1.63 bits per heavy atom. The summed E-state index contributed by atoms with van der Waals surface area (Å²) in [6.45, 7) is 2.71. The van der Waals surface area contributed by atoms with Gasteiger partial charge >= 0.3 is 12.1 Å². The minimum Gasteiger partial charge on any atom is -0.449 e. The van der Waals surface area contributed by atoms with Crippen LogP contribution >= 0.6 is 0 Å². The van der Waals surface area contributed by atoms with Crippen LogP contribution in [0.25, 0.3) is 0 Å². The van der Waals surface area contributed by atoms with Gasteiger partial charge in [0.2, 0.25) is 0 Å². The number of carbonyl (C=O) groups excluding carboxylic acids is 3. The molecule has 1 N–H and O–H groups in total. The Labute approximate surface area is 153 Å². The van der Waals surface area contributed by atoms with Gasteiger partial charge in [-0.2, -0.15) is 13.2 Å². The zero-order chi connectivity index (χ0) is 20.2. The fourth-order valence-corrected chi connectivity index (χ4v) is 2.14. The van der Waals surface area contributed by atoms with Crippen LogP contribution in [0, 0.1) is 0 Å². The number of nitrogens with one attached hydrogen (secondary N) is 1. The maximum absolute atomic E-state index is 12.5. The highest BCUT2D eigenvalue weighted by Gasteiger charge is 2.30. The molecule has 0 bridgehead atoms. The highest BCUT2D eigenvalue weighted by atomic mass is 19.4. The van der Waals surface area contributed by atoms with Crippen LogP contribution in [-0.4, -0.2) is 23.8 Å². The Balaban J connectivity index is 2.00. The predicted molar refractivity (Wildman–Crippen MR) is 91.4 cm³/mol. The SMILES string of the molecule is CC(=O)c1cccc(NC(=O)[C@@H](C)OC(=O)c2ccc(C(F)(F)F)cc2)c1. The molecule has 0 aliphatic heterocycles. The number of halogens is 3. The molecule has 1 amide bonds. The van der Waals surface area contributed by atoms with Gasteiger partial charge in [-0.25, -0.2) is 4.79 Å². The summed E-state index contributed by atoms with van der Waals surface area (Å²) in [6, 6.07) is 9.69. The maximum Gasteiger partial charge on any atom is 0.416 e. The van der Waals surface area contributed by atoms with E-state index in [0.29, 0.717) is 11.3 Å². The molecule has 0 unspecified atom stereocenters. The lowest BCUT2D eigenvalue weighted by molar-refractivity contribution is -0.137. The first-order valence-corrected chi connectivity index (χ1v) is 7.88. The van der Waals surface area contributed by atoms with Gasteiger partial charge in [-0.3, -0.25) is 9.59 Å². The van der Waals surface area contributed by atoms with Gasteiger partial charge < -0.3 is 10.1 Å². The first-order valence-electron chi connectivity index (χ1n) is 7.88. The minimum absolute atomic E-state index is 0.110. The molecule has 27 heavy (non-hydrogen) atoms. The number of carbonyl (C=O) groups is 3. The molecular weight excluding hydrogens is 363 g/mol. The summed E-state index contributed by atoms with van der Waals surface area (Å²) >= 11 is 0. The molecule has 142 valence electrons. The van der Waals surface area contributed by atoms with Crippen molar-refractivity contribution < 1.29 is 32.3 Å². The van der Waals surface area contributed by atoms with Gasteiger partial charge in [0.05, 0.1) is 11.1 Å².